The van der Waals surface area contributed by atoms with E-state index in [2.05, 4.69) is 44.4 Å². The average Bonchev–Trinajstić information content (AvgIpc) is 2.46. The molecule has 0 aromatic rings. The number of halogens is 2. The summed E-state index contributed by atoms with van der Waals surface area (Å²) in [7, 11) is 0. The van der Waals surface area contributed by atoms with Crippen LogP contribution in [0.25, 0.3) is 0 Å². The van der Waals surface area contributed by atoms with Crippen LogP contribution in [0.2, 0.25) is 0 Å². The molecule has 0 saturated carbocycles. The van der Waals surface area contributed by atoms with E-state index in [0.29, 0.717) is 17.7 Å². The summed E-state index contributed by atoms with van der Waals surface area (Å²) in [5.74, 6) is 1.16. The molecule has 2 saturated heterocycles. The topological polar surface area (TPSA) is 58.8 Å². The van der Waals surface area contributed by atoms with Crippen molar-refractivity contribution in [1.82, 2.24) is 9.80 Å². The summed E-state index contributed by atoms with van der Waals surface area (Å²) in [6.07, 6.45) is 2.45. The Hall–Kier alpha value is -0.0700. The third kappa shape index (κ3) is 6.55. The summed E-state index contributed by atoms with van der Waals surface area (Å²) >= 11 is 0. The number of hydrogen-bond donors (Lipinski definition) is 1. The Kier molecular flexibility index (Phi) is 10.9. The Bertz CT molecular complexity index is 392. The van der Waals surface area contributed by atoms with E-state index in [-0.39, 0.29) is 49.1 Å². The molecule has 5 nitrogen and oxygen atoms in total. The molecule has 2 aliphatic heterocycles. The highest BCUT2D eigenvalue weighted by Gasteiger charge is 2.37. The van der Waals surface area contributed by atoms with E-state index < -0.39 is 0 Å². The number of likely N-dealkylation sites (tertiary alicyclic amines) is 1. The Balaban J connectivity index is 0.00000288. The fraction of sp³-hybridized carbons (Fsp3) is 0.944. The largest absolute Gasteiger partial charge is 0.373 e. The first kappa shape index (κ1) is 24.9. The van der Waals surface area contributed by atoms with Crippen LogP contribution in [0, 0.1) is 11.8 Å². The second-order valence-electron chi connectivity index (χ2n) is 7.92. The van der Waals surface area contributed by atoms with Gasteiger partial charge in [0.25, 0.3) is 0 Å². The summed E-state index contributed by atoms with van der Waals surface area (Å²) < 4.78 is 5.83. The number of morpholine rings is 1. The van der Waals surface area contributed by atoms with E-state index in [1.54, 1.807) is 0 Å². The molecule has 0 aromatic heterocycles. The number of amides is 1. The zero-order valence-electron chi connectivity index (χ0n) is 16.3. The van der Waals surface area contributed by atoms with E-state index in [1.807, 2.05) is 0 Å². The monoisotopic (exact) mass is 397 g/mol. The van der Waals surface area contributed by atoms with Crippen molar-refractivity contribution in [1.29, 1.82) is 0 Å². The van der Waals surface area contributed by atoms with Gasteiger partial charge in [-0.05, 0) is 45.4 Å². The molecule has 2 aliphatic rings. The van der Waals surface area contributed by atoms with Gasteiger partial charge in [0.05, 0.1) is 18.2 Å². The number of hydrogen-bond acceptors (Lipinski definition) is 4. The molecule has 150 valence electrons. The van der Waals surface area contributed by atoms with Gasteiger partial charge in [-0.2, -0.15) is 0 Å². The van der Waals surface area contributed by atoms with Gasteiger partial charge < -0.3 is 15.4 Å². The highest BCUT2D eigenvalue weighted by Crippen LogP contribution is 2.24. The maximum Gasteiger partial charge on any atom is 0.240 e. The third-order valence-electron chi connectivity index (χ3n) is 5.32. The second kappa shape index (κ2) is 10.9. The fourth-order valence-electron chi connectivity index (χ4n) is 4.14. The van der Waals surface area contributed by atoms with Gasteiger partial charge in [0.1, 0.15) is 0 Å². The van der Waals surface area contributed by atoms with Crippen molar-refractivity contribution in [2.24, 2.45) is 17.6 Å². The van der Waals surface area contributed by atoms with Gasteiger partial charge in [0, 0.05) is 32.2 Å². The zero-order valence-corrected chi connectivity index (χ0v) is 17.9. The molecular weight excluding hydrogens is 361 g/mol. The summed E-state index contributed by atoms with van der Waals surface area (Å²) in [6, 6.07) is 0.199. The Labute approximate surface area is 165 Å². The fourth-order valence-corrected chi connectivity index (χ4v) is 4.14. The molecule has 0 spiro atoms. The smallest absolute Gasteiger partial charge is 0.240 e. The molecule has 0 radical (unpaired) electrons. The Morgan fingerprint density at radius 3 is 1.92 bits per heavy atom. The van der Waals surface area contributed by atoms with Crippen LogP contribution in [0.15, 0.2) is 0 Å². The molecule has 25 heavy (non-hydrogen) atoms. The van der Waals surface area contributed by atoms with Crippen LogP contribution < -0.4 is 5.73 Å². The maximum absolute atomic E-state index is 13.1. The van der Waals surface area contributed by atoms with Crippen LogP contribution in [0.1, 0.15) is 47.5 Å². The predicted molar refractivity (Wildman–Crippen MR) is 108 cm³/mol. The molecule has 4 atom stereocenters. The van der Waals surface area contributed by atoms with Crippen molar-refractivity contribution in [3.63, 3.8) is 0 Å². The molecule has 0 aliphatic carbocycles. The first-order valence-electron chi connectivity index (χ1n) is 9.23. The number of rotatable bonds is 4. The summed E-state index contributed by atoms with van der Waals surface area (Å²) in [5.41, 5.74) is 6.02. The molecule has 2 fully saturated rings. The van der Waals surface area contributed by atoms with Crippen LogP contribution in [0.4, 0.5) is 0 Å². The van der Waals surface area contributed by atoms with Crippen LogP contribution in [-0.4, -0.2) is 66.2 Å². The number of nitrogens with two attached hydrogens (primary N) is 1. The molecule has 2 N–H and O–H groups in total. The summed E-state index contributed by atoms with van der Waals surface area (Å²) in [5, 5.41) is 0. The first-order chi connectivity index (χ1) is 10.8. The van der Waals surface area contributed by atoms with Crippen molar-refractivity contribution >= 4 is 30.7 Å². The van der Waals surface area contributed by atoms with E-state index in [9.17, 15) is 4.79 Å². The van der Waals surface area contributed by atoms with E-state index >= 15 is 0 Å². The van der Waals surface area contributed by atoms with Gasteiger partial charge in [-0.15, -0.1) is 24.8 Å². The molecule has 4 unspecified atom stereocenters. The minimum absolute atomic E-state index is 0. The van der Waals surface area contributed by atoms with E-state index in [0.717, 1.165) is 39.0 Å². The normalized spacial score (nSPS) is 28.0. The molecule has 2 heterocycles. The summed E-state index contributed by atoms with van der Waals surface area (Å²) in [6.45, 7) is 14.0. The van der Waals surface area contributed by atoms with Crippen LogP contribution in [0.5, 0.6) is 0 Å². The van der Waals surface area contributed by atoms with E-state index in [1.165, 1.54) is 0 Å². The van der Waals surface area contributed by atoms with Gasteiger partial charge in [0.2, 0.25) is 5.91 Å². The second-order valence-corrected chi connectivity index (χ2v) is 7.92. The first-order valence-corrected chi connectivity index (χ1v) is 9.23. The number of nitrogens with zero attached hydrogens (tertiary/aromatic N) is 2. The highest BCUT2D eigenvalue weighted by molar-refractivity contribution is 5.85. The molecule has 0 bridgehead atoms. The van der Waals surface area contributed by atoms with E-state index in [4.69, 9.17) is 10.5 Å². The minimum Gasteiger partial charge on any atom is -0.373 e. The number of piperidine rings is 1. The Morgan fingerprint density at radius 2 is 1.52 bits per heavy atom. The molecule has 7 heteroatoms. The standard InChI is InChI=1S/C18H35N3O2.2ClH/c1-12(2)17(21-10-13(3)23-14(4)11-21)18(22)20-8-6-16(7-9-20)15(5)19;;/h12-17H,6-11,19H2,1-5H3;2*1H. The molecule has 1 amide bonds. The number of carbonyl (C=O) groups is 1. The lowest BCUT2D eigenvalue weighted by Gasteiger charge is -2.44. The van der Waals surface area contributed by atoms with Gasteiger partial charge >= 0.3 is 0 Å². The molecular formula is C18H37Cl2N3O2. The van der Waals surface area contributed by atoms with Gasteiger partial charge in [-0.3, -0.25) is 9.69 Å². The van der Waals surface area contributed by atoms with Crippen molar-refractivity contribution in [3.8, 4) is 0 Å². The SMILES string of the molecule is CC1CN(C(C(=O)N2CCC(C(C)N)CC2)C(C)C)CC(C)O1.Cl.Cl. The molecule has 0 aromatic carbocycles. The minimum atomic E-state index is -0.0318. The van der Waals surface area contributed by atoms with Gasteiger partial charge in [-0.25, -0.2) is 0 Å². The third-order valence-corrected chi connectivity index (χ3v) is 5.32. The van der Waals surface area contributed by atoms with Gasteiger partial charge in [0.15, 0.2) is 0 Å². The predicted octanol–water partition coefficient (Wildman–Crippen LogP) is 2.55. The lowest BCUT2D eigenvalue weighted by Crippen LogP contribution is -2.58. The van der Waals surface area contributed by atoms with Crippen molar-refractivity contribution in [3.05, 3.63) is 0 Å². The molecule has 2 rings (SSSR count). The van der Waals surface area contributed by atoms with Crippen LogP contribution >= 0.6 is 24.8 Å². The summed E-state index contributed by atoms with van der Waals surface area (Å²) in [4.78, 5) is 17.5. The number of carbonyl (C=O) groups excluding carboxylic acids is 1. The van der Waals surface area contributed by atoms with Crippen LogP contribution in [-0.2, 0) is 9.53 Å². The average molecular weight is 398 g/mol. The van der Waals surface area contributed by atoms with Crippen LogP contribution in [0.3, 0.4) is 0 Å². The highest BCUT2D eigenvalue weighted by atomic mass is 35.5. The zero-order chi connectivity index (χ0) is 17.1. The quantitative estimate of drug-likeness (QED) is 0.791. The van der Waals surface area contributed by atoms with Crippen molar-refractivity contribution in [2.75, 3.05) is 26.2 Å². The number of ether oxygens (including phenoxy) is 1. The lowest BCUT2D eigenvalue weighted by atomic mass is 9.90. The van der Waals surface area contributed by atoms with Crippen molar-refractivity contribution < 1.29 is 9.53 Å². The van der Waals surface area contributed by atoms with Gasteiger partial charge in [-0.1, -0.05) is 13.8 Å². The Morgan fingerprint density at radius 1 is 1.04 bits per heavy atom. The van der Waals surface area contributed by atoms with Crippen molar-refractivity contribution in [2.45, 2.75) is 71.8 Å². The lowest BCUT2D eigenvalue weighted by molar-refractivity contribution is -0.146. The maximum atomic E-state index is 13.1.